The summed E-state index contributed by atoms with van der Waals surface area (Å²) in [5.41, 5.74) is 6.19. The topological polar surface area (TPSA) is 49.8 Å². The van der Waals surface area contributed by atoms with E-state index in [9.17, 15) is 0 Å². The fourth-order valence-electron chi connectivity index (χ4n) is 0.939. The van der Waals surface area contributed by atoms with Gasteiger partial charge in [-0.05, 0) is 30.4 Å². The van der Waals surface area contributed by atoms with Gasteiger partial charge in [-0.1, -0.05) is 11.6 Å². The maximum absolute atomic E-state index is 8.35. The van der Waals surface area contributed by atoms with E-state index in [-0.39, 0.29) is 0 Å². The van der Waals surface area contributed by atoms with Crippen LogP contribution >= 0.6 is 23.4 Å². The van der Waals surface area contributed by atoms with Crippen LogP contribution in [0.5, 0.6) is 0 Å². The number of hydrogen-bond acceptors (Lipinski definition) is 3. The first-order valence-electron chi connectivity index (χ1n) is 4.29. The number of nitrogens with zero attached hydrogens (tertiary/aromatic N) is 1. The van der Waals surface area contributed by atoms with Crippen LogP contribution in [0.25, 0.3) is 0 Å². The number of rotatable bonds is 4. The van der Waals surface area contributed by atoms with Crippen molar-refractivity contribution >= 4 is 29.1 Å². The highest BCUT2D eigenvalue weighted by atomic mass is 35.5. The number of nitriles is 1. The molecule has 0 bridgehead atoms. The highest BCUT2D eigenvalue weighted by Crippen LogP contribution is 2.26. The maximum atomic E-state index is 8.35. The molecule has 0 aromatic heterocycles. The molecule has 0 radical (unpaired) electrons. The van der Waals surface area contributed by atoms with E-state index in [2.05, 4.69) is 6.07 Å². The summed E-state index contributed by atoms with van der Waals surface area (Å²) in [7, 11) is 0. The summed E-state index contributed by atoms with van der Waals surface area (Å²) < 4.78 is 0. The Morgan fingerprint density at radius 3 is 2.93 bits per heavy atom. The molecular weight excluding hydrogens is 216 g/mol. The van der Waals surface area contributed by atoms with Crippen LogP contribution in [0.1, 0.15) is 12.8 Å². The molecule has 0 saturated heterocycles. The number of thioether (sulfide) groups is 1. The minimum absolute atomic E-state index is 0.593. The summed E-state index contributed by atoms with van der Waals surface area (Å²) in [6.07, 6.45) is 1.51. The summed E-state index contributed by atoms with van der Waals surface area (Å²) >= 11 is 7.56. The summed E-state index contributed by atoms with van der Waals surface area (Å²) in [4.78, 5) is 1.10. The molecule has 1 rings (SSSR count). The fourth-order valence-corrected chi connectivity index (χ4v) is 2.07. The number of unbranched alkanes of at least 4 members (excludes halogenated alkanes) is 1. The van der Waals surface area contributed by atoms with Crippen LogP contribution in [-0.2, 0) is 0 Å². The van der Waals surface area contributed by atoms with Gasteiger partial charge in [0.15, 0.2) is 0 Å². The summed E-state index contributed by atoms with van der Waals surface area (Å²) in [5.74, 6) is 0.938. The second-order valence-electron chi connectivity index (χ2n) is 2.79. The van der Waals surface area contributed by atoms with Gasteiger partial charge in [0, 0.05) is 11.3 Å². The Morgan fingerprint density at radius 1 is 1.50 bits per heavy atom. The van der Waals surface area contributed by atoms with E-state index in [4.69, 9.17) is 22.6 Å². The molecule has 4 heteroatoms. The Kier molecular flexibility index (Phi) is 4.64. The fraction of sp³-hybridized carbons (Fsp3) is 0.300. The van der Waals surface area contributed by atoms with E-state index in [1.165, 1.54) is 0 Å². The molecular formula is C10H11ClN2S. The predicted molar refractivity (Wildman–Crippen MR) is 61.4 cm³/mol. The third-order valence-corrected chi connectivity index (χ3v) is 3.08. The van der Waals surface area contributed by atoms with Crippen LogP contribution < -0.4 is 5.73 Å². The standard InChI is InChI=1S/C10H11ClN2S/c11-9-7-8(3-4-10(9)13)14-6-2-1-5-12/h3-4,7H,1-2,6,13H2. The number of hydrogen-bond donors (Lipinski definition) is 1. The van der Waals surface area contributed by atoms with Crippen LogP contribution in [0.2, 0.25) is 5.02 Å². The molecule has 0 saturated carbocycles. The van der Waals surface area contributed by atoms with E-state index >= 15 is 0 Å². The van der Waals surface area contributed by atoms with Gasteiger partial charge in [0.1, 0.15) is 0 Å². The highest BCUT2D eigenvalue weighted by Gasteiger charge is 1.98. The number of benzene rings is 1. The van der Waals surface area contributed by atoms with Gasteiger partial charge in [-0.3, -0.25) is 0 Å². The van der Waals surface area contributed by atoms with Crippen LogP contribution in [0.3, 0.4) is 0 Å². The molecule has 0 aliphatic heterocycles. The quantitative estimate of drug-likeness (QED) is 0.487. The van der Waals surface area contributed by atoms with E-state index in [1.807, 2.05) is 12.1 Å². The third kappa shape index (κ3) is 3.49. The van der Waals surface area contributed by atoms with Crippen LogP contribution in [0, 0.1) is 11.3 Å². The monoisotopic (exact) mass is 226 g/mol. The average molecular weight is 227 g/mol. The molecule has 1 aromatic carbocycles. The summed E-state index contributed by atoms with van der Waals surface area (Å²) in [6.45, 7) is 0. The summed E-state index contributed by atoms with van der Waals surface area (Å²) in [5, 5.41) is 8.94. The normalized spacial score (nSPS) is 9.71. The van der Waals surface area contributed by atoms with Gasteiger partial charge in [-0.25, -0.2) is 0 Å². The van der Waals surface area contributed by atoms with Gasteiger partial charge in [0.05, 0.1) is 16.8 Å². The van der Waals surface area contributed by atoms with Crippen LogP contribution in [-0.4, -0.2) is 5.75 Å². The molecule has 0 atom stereocenters. The third-order valence-electron chi connectivity index (χ3n) is 1.67. The molecule has 2 N–H and O–H groups in total. The second kappa shape index (κ2) is 5.79. The zero-order valence-corrected chi connectivity index (χ0v) is 9.24. The molecule has 74 valence electrons. The molecule has 0 unspecified atom stereocenters. The average Bonchev–Trinajstić information content (AvgIpc) is 2.18. The molecule has 0 fully saturated rings. The molecule has 0 aliphatic rings. The van der Waals surface area contributed by atoms with E-state index in [0.29, 0.717) is 17.1 Å². The molecule has 0 spiro atoms. The number of anilines is 1. The molecule has 2 nitrogen and oxygen atoms in total. The van der Waals surface area contributed by atoms with Crippen LogP contribution in [0.15, 0.2) is 23.1 Å². The Bertz CT molecular complexity index is 346. The van der Waals surface area contributed by atoms with Crippen molar-refractivity contribution in [3.63, 3.8) is 0 Å². The van der Waals surface area contributed by atoms with Crippen LogP contribution in [0.4, 0.5) is 5.69 Å². The van der Waals surface area contributed by atoms with Gasteiger partial charge in [0.2, 0.25) is 0 Å². The van der Waals surface area contributed by atoms with Gasteiger partial charge in [-0.2, -0.15) is 5.26 Å². The molecule has 0 heterocycles. The van der Waals surface area contributed by atoms with Crippen molar-refractivity contribution in [2.75, 3.05) is 11.5 Å². The largest absolute Gasteiger partial charge is 0.398 e. The van der Waals surface area contributed by atoms with Crippen molar-refractivity contribution in [1.82, 2.24) is 0 Å². The van der Waals surface area contributed by atoms with Gasteiger partial charge in [0.25, 0.3) is 0 Å². The SMILES string of the molecule is N#CCCCSc1ccc(N)c(Cl)c1. The van der Waals surface area contributed by atoms with Crippen molar-refractivity contribution in [3.05, 3.63) is 23.2 Å². The zero-order valence-electron chi connectivity index (χ0n) is 7.66. The maximum Gasteiger partial charge on any atom is 0.0646 e. The van der Waals surface area contributed by atoms with Crippen molar-refractivity contribution in [2.45, 2.75) is 17.7 Å². The van der Waals surface area contributed by atoms with Crippen molar-refractivity contribution < 1.29 is 0 Å². The lowest BCUT2D eigenvalue weighted by molar-refractivity contribution is 0.981. The smallest absolute Gasteiger partial charge is 0.0646 e. The van der Waals surface area contributed by atoms with E-state index in [1.54, 1.807) is 17.8 Å². The predicted octanol–water partition coefficient (Wildman–Crippen LogP) is 3.32. The first kappa shape index (κ1) is 11.2. The Morgan fingerprint density at radius 2 is 2.29 bits per heavy atom. The minimum Gasteiger partial charge on any atom is -0.398 e. The molecule has 1 aromatic rings. The Labute approximate surface area is 93.1 Å². The number of nitrogens with two attached hydrogens (primary N) is 1. The van der Waals surface area contributed by atoms with E-state index in [0.717, 1.165) is 17.1 Å². The highest BCUT2D eigenvalue weighted by molar-refractivity contribution is 7.99. The number of halogens is 1. The second-order valence-corrected chi connectivity index (χ2v) is 4.37. The van der Waals surface area contributed by atoms with Crippen molar-refractivity contribution in [2.24, 2.45) is 0 Å². The van der Waals surface area contributed by atoms with Gasteiger partial charge >= 0.3 is 0 Å². The lowest BCUT2D eigenvalue weighted by Gasteiger charge is -2.02. The lowest BCUT2D eigenvalue weighted by atomic mass is 10.3. The molecule has 0 aliphatic carbocycles. The zero-order chi connectivity index (χ0) is 10.4. The summed E-state index contributed by atoms with van der Waals surface area (Å²) in [6, 6.07) is 7.71. The molecule has 0 amide bonds. The number of nitrogen functional groups attached to an aromatic ring is 1. The van der Waals surface area contributed by atoms with E-state index < -0.39 is 0 Å². The van der Waals surface area contributed by atoms with Crippen molar-refractivity contribution in [3.8, 4) is 6.07 Å². The lowest BCUT2D eigenvalue weighted by Crippen LogP contribution is -1.86. The minimum atomic E-state index is 0.593. The van der Waals surface area contributed by atoms with Crippen molar-refractivity contribution in [1.29, 1.82) is 5.26 Å². The van der Waals surface area contributed by atoms with Gasteiger partial charge < -0.3 is 5.73 Å². The Balaban J connectivity index is 2.44. The molecule has 14 heavy (non-hydrogen) atoms. The first-order chi connectivity index (χ1) is 6.74. The first-order valence-corrected chi connectivity index (χ1v) is 5.65. The van der Waals surface area contributed by atoms with Gasteiger partial charge in [-0.15, -0.1) is 11.8 Å². The Hall–Kier alpha value is -0.850.